The average molecular weight is 288 g/mol. The van der Waals surface area contributed by atoms with Crippen LogP contribution in [-0.2, 0) is 6.42 Å². The van der Waals surface area contributed by atoms with Crippen molar-refractivity contribution in [2.45, 2.75) is 46.6 Å². The third-order valence-corrected chi connectivity index (χ3v) is 4.65. The molecule has 1 aliphatic heterocycles. The number of likely N-dealkylation sites (tertiary alicyclic amines) is 1. The van der Waals surface area contributed by atoms with Crippen molar-refractivity contribution in [1.82, 2.24) is 10.2 Å². The Morgan fingerprint density at radius 1 is 1.19 bits per heavy atom. The quantitative estimate of drug-likeness (QED) is 0.819. The molecule has 0 aliphatic carbocycles. The normalized spacial score (nSPS) is 21.1. The van der Waals surface area contributed by atoms with E-state index in [1.807, 2.05) is 0 Å². The van der Waals surface area contributed by atoms with Crippen LogP contribution in [0.15, 0.2) is 24.3 Å². The molecule has 0 aromatic heterocycles. The highest BCUT2D eigenvalue weighted by molar-refractivity contribution is 5.25. The third-order valence-electron chi connectivity index (χ3n) is 4.65. The van der Waals surface area contributed by atoms with E-state index < -0.39 is 0 Å². The van der Waals surface area contributed by atoms with Crippen LogP contribution in [0, 0.1) is 11.8 Å². The molecule has 2 heteroatoms. The summed E-state index contributed by atoms with van der Waals surface area (Å²) in [5.74, 6) is 1.56. The van der Waals surface area contributed by atoms with Gasteiger partial charge in [0, 0.05) is 12.6 Å². The lowest BCUT2D eigenvalue weighted by molar-refractivity contribution is 0.336. The highest BCUT2D eigenvalue weighted by atomic mass is 15.1. The molecule has 0 amide bonds. The molecule has 1 fully saturated rings. The summed E-state index contributed by atoms with van der Waals surface area (Å²) < 4.78 is 0. The molecule has 1 aromatic carbocycles. The summed E-state index contributed by atoms with van der Waals surface area (Å²) >= 11 is 0. The molecule has 1 heterocycles. The highest BCUT2D eigenvalue weighted by Crippen LogP contribution is 2.18. The first-order valence-corrected chi connectivity index (χ1v) is 8.63. The summed E-state index contributed by atoms with van der Waals surface area (Å²) in [6.07, 6.45) is 2.53. The van der Waals surface area contributed by atoms with Gasteiger partial charge >= 0.3 is 0 Å². The van der Waals surface area contributed by atoms with Gasteiger partial charge in [0.05, 0.1) is 0 Å². The van der Waals surface area contributed by atoms with Crippen molar-refractivity contribution in [3.63, 3.8) is 0 Å². The molecule has 2 unspecified atom stereocenters. The molecular weight excluding hydrogens is 256 g/mol. The van der Waals surface area contributed by atoms with Gasteiger partial charge in [0.15, 0.2) is 0 Å². The molecular formula is C19H32N2. The standard InChI is InChI=1S/C19H32N2/c1-5-21-11-10-18(14-21)13-20-16(4)19-8-6-17(7-9-19)12-15(2)3/h6-9,15-16,18,20H,5,10-14H2,1-4H3. The van der Waals surface area contributed by atoms with Crippen LogP contribution in [0.1, 0.15) is 51.3 Å². The Morgan fingerprint density at radius 2 is 1.90 bits per heavy atom. The van der Waals surface area contributed by atoms with Crippen LogP contribution in [0.4, 0.5) is 0 Å². The van der Waals surface area contributed by atoms with Gasteiger partial charge in [-0.05, 0) is 62.4 Å². The molecule has 2 atom stereocenters. The van der Waals surface area contributed by atoms with E-state index in [-0.39, 0.29) is 0 Å². The zero-order chi connectivity index (χ0) is 15.2. The lowest BCUT2D eigenvalue weighted by Crippen LogP contribution is -2.28. The van der Waals surface area contributed by atoms with E-state index in [4.69, 9.17) is 0 Å². The zero-order valence-electron chi connectivity index (χ0n) is 14.2. The van der Waals surface area contributed by atoms with Gasteiger partial charge in [0.25, 0.3) is 0 Å². The fraction of sp³-hybridized carbons (Fsp3) is 0.684. The Balaban J connectivity index is 1.79. The summed E-state index contributed by atoms with van der Waals surface area (Å²) in [5.41, 5.74) is 2.86. The number of benzene rings is 1. The minimum atomic E-state index is 0.453. The number of hydrogen-bond donors (Lipinski definition) is 1. The van der Waals surface area contributed by atoms with Gasteiger partial charge in [-0.3, -0.25) is 0 Å². The maximum Gasteiger partial charge on any atom is 0.0291 e. The van der Waals surface area contributed by atoms with Crippen LogP contribution in [0.5, 0.6) is 0 Å². The van der Waals surface area contributed by atoms with E-state index in [1.165, 1.54) is 43.6 Å². The number of nitrogens with one attached hydrogen (secondary N) is 1. The molecule has 0 bridgehead atoms. The SMILES string of the molecule is CCN1CCC(CNC(C)c2ccc(CC(C)C)cc2)C1. The summed E-state index contributed by atoms with van der Waals surface area (Å²) in [6, 6.07) is 9.63. The van der Waals surface area contributed by atoms with Gasteiger partial charge < -0.3 is 10.2 Å². The fourth-order valence-electron chi connectivity index (χ4n) is 3.24. The summed E-state index contributed by atoms with van der Waals surface area (Å²) in [7, 11) is 0. The van der Waals surface area contributed by atoms with E-state index >= 15 is 0 Å². The van der Waals surface area contributed by atoms with Crippen LogP contribution in [0.25, 0.3) is 0 Å². The van der Waals surface area contributed by atoms with Crippen molar-refractivity contribution in [3.8, 4) is 0 Å². The van der Waals surface area contributed by atoms with Gasteiger partial charge in [0.1, 0.15) is 0 Å². The Morgan fingerprint density at radius 3 is 2.48 bits per heavy atom. The minimum Gasteiger partial charge on any atom is -0.310 e. The van der Waals surface area contributed by atoms with Gasteiger partial charge in [0.2, 0.25) is 0 Å². The van der Waals surface area contributed by atoms with Crippen LogP contribution < -0.4 is 5.32 Å². The highest BCUT2D eigenvalue weighted by Gasteiger charge is 2.21. The average Bonchev–Trinajstić information content (AvgIpc) is 2.93. The molecule has 2 rings (SSSR count). The van der Waals surface area contributed by atoms with Gasteiger partial charge in [-0.2, -0.15) is 0 Å². The van der Waals surface area contributed by atoms with Gasteiger partial charge in [-0.15, -0.1) is 0 Å². The molecule has 1 saturated heterocycles. The lowest BCUT2D eigenvalue weighted by atomic mass is 9.99. The van der Waals surface area contributed by atoms with Crippen molar-refractivity contribution >= 4 is 0 Å². The van der Waals surface area contributed by atoms with E-state index in [9.17, 15) is 0 Å². The molecule has 0 spiro atoms. The van der Waals surface area contributed by atoms with Crippen molar-refractivity contribution in [3.05, 3.63) is 35.4 Å². The van der Waals surface area contributed by atoms with Gasteiger partial charge in [-0.25, -0.2) is 0 Å². The predicted octanol–water partition coefficient (Wildman–Crippen LogP) is 3.88. The van der Waals surface area contributed by atoms with Crippen molar-refractivity contribution in [2.24, 2.45) is 11.8 Å². The number of rotatable bonds is 7. The number of nitrogens with zero attached hydrogens (tertiary/aromatic N) is 1. The van der Waals surface area contributed by atoms with Gasteiger partial charge in [-0.1, -0.05) is 45.0 Å². The second kappa shape index (κ2) is 7.95. The third kappa shape index (κ3) is 5.12. The molecule has 118 valence electrons. The number of hydrogen-bond acceptors (Lipinski definition) is 2. The van der Waals surface area contributed by atoms with E-state index in [0.29, 0.717) is 6.04 Å². The smallest absolute Gasteiger partial charge is 0.0291 e. The molecule has 1 aromatic rings. The first-order valence-electron chi connectivity index (χ1n) is 8.63. The lowest BCUT2D eigenvalue weighted by Gasteiger charge is -2.18. The maximum absolute atomic E-state index is 3.72. The van der Waals surface area contributed by atoms with Crippen LogP contribution >= 0.6 is 0 Å². The topological polar surface area (TPSA) is 15.3 Å². The Bertz CT molecular complexity index is 410. The van der Waals surface area contributed by atoms with Crippen LogP contribution in [-0.4, -0.2) is 31.1 Å². The molecule has 1 aliphatic rings. The summed E-state index contributed by atoms with van der Waals surface area (Å²) in [4.78, 5) is 2.55. The molecule has 0 radical (unpaired) electrons. The van der Waals surface area contributed by atoms with Crippen LogP contribution in [0.2, 0.25) is 0 Å². The minimum absolute atomic E-state index is 0.453. The van der Waals surface area contributed by atoms with E-state index in [2.05, 4.69) is 62.2 Å². The second-order valence-corrected chi connectivity index (χ2v) is 7.02. The first-order chi connectivity index (χ1) is 10.1. The van der Waals surface area contributed by atoms with E-state index in [0.717, 1.165) is 18.4 Å². The predicted molar refractivity (Wildman–Crippen MR) is 91.6 cm³/mol. The summed E-state index contributed by atoms with van der Waals surface area (Å²) in [5, 5.41) is 3.72. The first kappa shape index (κ1) is 16.5. The van der Waals surface area contributed by atoms with Crippen LogP contribution in [0.3, 0.4) is 0 Å². The maximum atomic E-state index is 3.72. The zero-order valence-corrected chi connectivity index (χ0v) is 14.2. The van der Waals surface area contributed by atoms with Crippen molar-refractivity contribution in [2.75, 3.05) is 26.2 Å². The Labute approximate surface area is 130 Å². The monoisotopic (exact) mass is 288 g/mol. The molecule has 21 heavy (non-hydrogen) atoms. The largest absolute Gasteiger partial charge is 0.310 e. The Hall–Kier alpha value is -0.860. The van der Waals surface area contributed by atoms with Crippen molar-refractivity contribution in [1.29, 1.82) is 0 Å². The van der Waals surface area contributed by atoms with Crippen molar-refractivity contribution < 1.29 is 0 Å². The molecule has 2 nitrogen and oxygen atoms in total. The summed E-state index contributed by atoms with van der Waals surface area (Å²) in [6.45, 7) is 14.0. The Kier molecular flexibility index (Phi) is 6.25. The molecule has 1 N–H and O–H groups in total. The van der Waals surface area contributed by atoms with E-state index in [1.54, 1.807) is 0 Å². The molecule has 0 saturated carbocycles. The fourth-order valence-corrected chi connectivity index (χ4v) is 3.24. The second-order valence-electron chi connectivity index (χ2n) is 7.02.